The maximum Gasteiger partial charge on any atom is 0.163 e. The van der Waals surface area contributed by atoms with Gasteiger partial charge in [0.1, 0.15) is 5.69 Å². The number of nitrogens with zero attached hydrogens (tertiary/aromatic N) is 4. The summed E-state index contributed by atoms with van der Waals surface area (Å²) in [7, 11) is 0. The van der Waals surface area contributed by atoms with Crippen LogP contribution in [0.4, 0.5) is 0 Å². The summed E-state index contributed by atoms with van der Waals surface area (Å²) in [5.74, 6) is 0.578. The van der Waals surface area contributed by atoms with Crippen molar-refractivity contribution in [2.45, 2.75) is 0 Å². The molecule has 0 unspecified atom stereocenters. The average molecular weight is 411 g/mol. The fourth-order valence-corrected chi connectivity index (χ4v) is 3.63. The summed E-state index contributed by atoms with van der Waals surface area (Å²) in [6.45, 7) is 0. The Hall–Kier alpha value is -3.83. The normalized spacial score (nSPS) is 11.0. The van der Waals surface area contributed by atoms with E-state index in [4.69, 9.17) is 21.7 Å². The van der Waals surface area contributed by atoms with Crippen LogP contribution >= 0.6 is 11.6 Å². The lowest BCUT2D eigenvalue weighted by molar-refractivity contribution is 0.112. The highest BCUT2D eigenvalue weighted by Crippen LogP contribution is 2.31. The molecule has 2 aromatic carbocycles. The number of aromatic nitrogens is 4. The molecule has 0 radical (unpaired) electrons. The second-order valence-electron chi connectivity index (χ2n) is 6.78. The third-order valence-corrected chi connectivity index (χ3v) is 5.07. The van der Waals surface area contributed by atoms with E-state index in [1.807, 2.05) is 72.8 Å². The summed E-state index contributed by atoms with van der Waals surface area (Å²) in [5, 5.41) is 6.23. The van der Waals surface area contributed by atoms with E-state index in [0.717, 1.165) is 28.4 Å². The molecule has 3 heterocycles. The smallest absolute Gasteiger partial charge is 0.163 e. The summed E-state index contributed by atoms with van der Waals surface area (Å²) in [5.41, 5.74) is 4.30. The number of carbonyl (C=O) groups excluding carboxylic acids is 1. The van der Waals surface area contributed by atoms with E-state index in [-0.39, 0.29) is 0 Å². The quantitative estimate of drug-likeness (QED) is 0.361. The first-order valence-corrected chi connectivity index (χ1v) is 9.73. The predicted octanol–water partition coefficient (Wildman–Crippen LogP) is 5.62. The van der Waals surface area contributed by atoms with Crippen LogP contribution in [0.25, 0.3) is 39.2 Å². The van der Waals surface area contributed by atoms with Crippen molar-refractivity contribution in [2.75, 3.05) is 0 Å². The molecular weight excluding hydrogens is 396 g/mol. The minimum absolute atomic E-state index is 0.487. The Labute approximate surface area is 177 Å². The molecule has 0 aliphatic heterocycles. The van der Waals surface area contributed by atoms with Crippen molar-refractivity contribution >= 4 is 28.9 Å². The van der Waals surface area contributed by atoms with Gasteiger partial charge in [0.05, 0.1) is 5.56 Å². The topological polar surface area (TPSA) is 60.7 Å². The molecule has 3 aromatic heterocycles. The Morgan fingerprint density at radius 1 is 0.900 bits per heavy atom. The molecule has 0 saturated heterocycles. The van der Waals surface area contributed by atoms with E-state index in [0.29, 0.717) is 27.7 Å². The van der Waals surface area contributed by atoms with Crippen LogP contribution in [0.2, 0.25) is 5.02 Å². The Morgan fingerprint density at radius 2 is 1.73 bits per heavy atom. The zero-order chi connectivity index (χ0) is 20.5. The summed E-state index contributed by atoms with van der Waals surface area (Å²) in [4.78, 5) is 20.9. The first-order valence-electron chi connectivity index (χ1n) is 9.35. The molecule has 6 heteroatoms. The van der Waals surface area contributed by atoms with Crippen LogP contribution in [-0.2, 0) is 0 Å². The molecule has 0 atom stereocenters. The number of aldehydes is 1. The summed E-state index contributed by atoms with van der Waals surface area (Å²) >= 11 is 6.24. The standard InChI is InChI=1S/C24H15ClN4O/c25-20-10-4-8-17(12-20)21-13-18-9-5-11-26-23(18)27-24(21)29-14-19(15-30)22(28-29)16-6-2-1-3-7-16/h1-15H. The SMILES string of the molecule is O=Cc1cn(-c2nc3ncccc3cc2-c2cccc(Cl)c2)nc1-c1ccccc1. The lowest BCUT2D eigenvalue weighted by Crippen LogP contribution is -2.03. The van der Waals surface area contributed by atoms with Crippen molar-refractivity contribution in [3.8, 4) is 28.2 Å². The average Bonchev–Trinajstić information content (AvgIpc) is 3.23. The van der Waals surface area contributed by atoms with Gasteiger partial charge in [-0.3, -0.25) is 4.79 Å². The van der Waals surface area contributed by atoms with Gasteiger partial charge in [-0.05, 0) is 35.9 Å². The van der Waals surface area contributed by atoms with Gasteiger partial charge in [0.2, 0.25) is 0 Å². The maximum atomic E-state index is 11.8. The van der Waals surface area contributed by atoms with Gasteiger partial charge in [-0.25, -0.2) is 14.6 Å². The molecule has 0 saturated carbocycles. The van der Waals surface area contributed by atoms with Gasteiger partial charge in [0.25, 0.3) is 0 Å². The van der Waals surface area contributed by atoms with Crippen LogP contribution in [0.15, 0.2) is 85.2 Å². The number of hydrogen-bond donors (Lipinski definition) is 0. The second kappa shape index (κ2) is 7.54. The van der Waals surface area contributed by atoms with Crippen molar-refractivity contribution in [2.24, 2.45) is 0 Å². The van der Waals surface area contributed by atoms with E-state index < -0.39 is 0 Å². The third kappa shape index (κ3) is 3.25. The summed E-state index contributed by atoms with van der Waals surface area (Å²) < 4.78 is 1.64. The van der Waals surface area contributed by atoms with Crippen LogP contribution in [0.3, 0.4) is 0 Å². The number of hydrogen-bond acceptors (Lipinski definition) is 4. The Bertz CT molecular complexity index is 1380. The number of benzene rings is 2. The molecule has 0 aliphatic carbocycles. The van der Waals surface area contributed by atoms with Crippen LogP contribution in [0.1, 0.15) is 10.4 Å². The highest BCUT2D eigenvalue weighted by molar-refractivity contribution is 6.30. The Balaban J connectivity index is 1.77. The van der Waals surface area contributed by atoms with Crippen LogP contribution in [0.5, 0.6) is 0 Å². The number of rotatable bonds is 4. The van der Waals surface area contributed by atoms with Gasteiger partial charge in [0, 0.05) is 33.9 Å². The lowest BCUT2D eigenvalue weighted by atomic mass is 10.1. The molecule has 0 fully saturated rings. The van der Waals surface area contributed by atoms with E-state index in [1.54, 1.807) is 17.1 Å². The maximum absolute atomic E-state index is 11.8. The van der Waals surface area contributed by atoms with Gasteiger partial charge in [-0.2, -0.15) is 5.10 Å². The van der Waals surface area contributed by atoms with E-state index in [9.17, 15) is 4.79 Å². The first-order chi connectivity index (χ1) is 14.7. The fourth-order valence-electron chi connectivity index (χ4n) is 3.44. The highest BCUT2D eigenvalue weighted by atomic mass is 35.5. The van der Waals surface area contributed by atoms with Crippen molar-refractivity contribution in [1.29, 1.82) is 0 Å². The minimum atomic E-state index is 0.487. The van der Waals surface area contributed by atoms with Crippen LogP contribution in [-0.4, -0.2) is 26.0 Å². The molecule has 0 spiro atoms. The summed E-state index contributed by atoms with van der Waals surface area (Å²) in [6.07, 6.45) is 4.21. The van der Waals surface area contributed by atoms with Crippen molar-refractivity contribution in [3.05, 3.63) is 95.8 Å². The molecule has 5 nitrogen and oxygen atoms in total. The van der Waals surface area contributed by atoms with Gasteiger partial charge >= 0.3 is 0 Å². The number of pyridine rings is 2. The fraction of sp³-hybridized carbons (Fsp3) is 0. The van der Waals surface area contributed by atoms with Crippen LogP contribution < -0.4 is 0 Å². The predicted molar refractivity (Wildman–Crippen MR) is 118 cm³/mol. The van der Waals surface area contributed by atoms with E-state index in [1.165, 1.54) is 0 Å². The number of fused-ring (bicyclic) bond motifs is 1. The lowest BCUT2D eigenvalue weighted by Gasteiger charge is -2.11. The summed E-state index contributed by atoms with van der Waals surface area (Å²) in [6, 6.07) is 23.0. The van der Waals surface area contributed by atoms with Crippen LogP contribution in [0, 0.1) is 0 Å². The molecule has 0 bridgehead atoms. The van der Waals surface area contributed by atoms with Gasteiger partial charge < -0.3 is 0 Å². The molecule has 5 aromatic rings. The third-order valence-electron chi connectivity index (χ3n) is 4.84. The Morgan fingerprint density at radius 3 is 2.53 bits per heavy atom. The first kappa shape index (κ1) is 18.2. The van der Waals surface area contributed by atoms with E-state index in [2.05, 4.69) is 4.98 Å². The molecule has 5 rings (SSSR count). The van der Waals surface area contributed by atoms with Crippen molar-refractivity contribution < 1.29 is 4.79 Å². The minimum Gasteiger partial charge on any atom is -0.298 e. The number of halogens is 1. The van der Waals surface area contributed by atoms with Gasteiger partial charge in [-0.15, -0.1) is 0 Å². The van der Waals surface area contributed by atoms with Crippen molar-refractivity contribution in [3.63, 3.8) is 0 Å². The van der Waals surface area contributed by atoms with Gasteiger partial charge in [-0.1, -0.05) is 54.1 Å². The molecule has 144 valence electrons. The zero-order valence-electron chi connectivity index (χ0n) is 15.7. The highest BCUT2D eigenvalue weighted by Gasteiger charge is 2.17. The monoisotopic (exact) mass is 410 g/mol. The van der Waals surface area contributed by atoms with Crippen molar-refractivity contribution in [1.82, 2.24) is 19.7 Å². The second-order valence-corrected chi connectivity index (χ2v) is 7.22. The molecule has 0 amide bonds. The molecule has 0 N–H and O–H groups in total. The zero-order valence-corrected chi connectivity index (χ0v) is 16.5. The number of carbonyl (C=O) groups is 1. The Kier molecular flexibility index (Phi) is 4.58. The molecule has 30 heavy (non-hydrogen) atoms. The largest absolute Gasteiger partial charge is 0.298 e. The van der Waals surface area contributed by atoms with Gasteiger partial charge in [0.15, 0.2) is 17.8 Å². The molecular formula is C24H15ClN4O. The van der Waals surface area contributed by atoms with E-state index >= 15 is 0 Å². The molecule has 0 aliphatic rings.